The Kier molecular flexibility index (Phi) is 3.68. The topological polar surface area (TPSA) is 62.2 Å². The number of aliphatic imine (C=N–C) groups is 1. The van der Waals surface area contributed by atoms with Crippen molar-refractivity contribution < 1.29 is 4.42 Å². The minimum atomic E-state index is -0.372. The van der Waals surface area contributed by atoms with Crippen molar-refractivity contribution in [2.24, 2.45) is 4.99 Å². The van der Waals surface area contributed by atoms with Gasteiger partial charge in [-0.3, -0.25) is 4.99 Å². The number of nitrogens with zero attached hydrogens (tertiary/aromatic N) is 3. The quantitative estimate of drug-likeness (QED) is 0.778. The van der Waals surface area contributed by atoms with E-state index in [1.807, 2.05) is 24.4 Å². The second-order valence-electron chi connectivity index (χ2n) is 3.50. The zero-order valence-electron chi connectivity index (χ0n) is 9.33. The van der Waals surface area contributed by atoms with Crippen molar-refractivity contribution in [2.45, 2.75) is 19.4 Å². The van der Waals surface area contributed by atoms with E-state index in [4.69, 9.17) is 9.68 Å². The van der Waals surface area contributed by atoms with Crippen molar-refractivity contribution in [3.05, 3.63) is 40.2 Å². The first kappa shape index (κ1) is 11.6. The Bertz CT molecular complexity index is 536. The molecule has 0 bridgehead atoms. The summed E-state index contributed by atoms with van der Waals surface area (Å²) < 4.78 is 5.15. The smallest absolute Gasteiger partial charge is 0.133 e. The fourth-order valence-electron chi connectivity index (χ4n) is 1.32. The molecule has 0 aliphatic carbocycles. The molecule has 0 N–H and O–H groups in total. The first-order valence-corrected chi connectivity index (χ1v) is 6.01. The van der Waals surface area contributed by atoms with Crippen LogP contribution in [-0.2, 0) is 6.54 Å². The van der Waals surface area contributed by atoms with Gasteiger partial charge in [0.1, 0.15) is 16.7 Å². The number of aromatic nitrogens is 1. The van der Waals surface area contributed by atoms with Crippen molar-refractivity contribution >= 4 is 17.6 Å². The maximum absolute atomic E-state index is 9.05. The standard InChI is InChI=1S/C12H11N3OS/c1-9-8-17-12(15-9)10(5-13)6-14-7-11-3-2-4-16-11/h2-4,6,8,10H,7H2,1H3/t10-/m0/s1. The predicted octanol–water partition coefficient (Wildman–Crippen LogP) is 2.92. The summed E-state index contributed by atoms with van der Waals surface area (Å²) >= 11 is 1.48. The van der Waals surface area contributed by atoms with Gasteiger partial charge in [0.05, 0.1) is 18.9 Å². The van der Waals surface area contributed by atoms with Gasteiger partial charge in [-0.1, -0.05) is 0 Å². The summed E-state index contributed by atoms with van der Waals surface area (Å²) in [7, 11) is 0. The van der Waals surface area contributed by atoms with Gasteiger partial charge in [0.25, 0.3) is 0 Å². The van der Waals surface area contributed by atoms with Gasteiger partial charge in [0, 0.05) is 17.3 Å². The fourth-order valence-corrected chi connectivity index (χ4v) is 2.12. The maximum atomic E-state index is 9.05. The largest absolute Gasteiger partial charge is 0.467 e. The minimum absolute atomic E-state index is 0.372. The second kappa shape index (κ2) is 5.41. The molecule has 2 aromatic rings. The molecule has 0 aliphatic heterocycles. The van der Waals surface area contributed by atoms with Gasteiger partial charge in [-0.05, 0) is 19.1 Å². The Morgan fingerprint density at radius 3 is 3.18 bits per heavy atom. The van der Waals surface area contributed by atoms with Crippen LogP contribution in [0.4, 0.5) is 0 Å². The van der Waals surface area contributed by atoms with Crippen molar-refractivity contribution in [1.29, 1.82) is 5.26 Å². The second-order valence-corrected chi connectivity index (χ2v) is 4.39. The molecule has 0 amide bonds. The van der Waals surface area contributed by atoms with Gasteiger partial charge >= 0.3 is 0 Å². The van der Waals surface area contributed by atoms with Crippen LogP contribution in [0.2, 0.25) is 0 Å². The summed E-state index contributed by atoms with van der Waals surface area (Å²) in [6.45, 7) is 2.37. The van der Waals surface area contributed by atoms with Crippen LogP contribution in [-0.4, -0.2) is 11.2 Å². The Labute approximate surface area is 103 Å². The summed E-state index contributed by atoms with van der Waals surface area (Å²) in [6.07, 6.45) is 3.23. The van der Waals surface area contributed by atoms with Crippen LogP contribution in [0.15, 0.2) is 33.2 Å². The van der Waals surface area contributed by atoms with Crippen molar-refractivity contribution in [3.8, 4) is 6.07 Å². The molecule has 2 rings (SSSR count). The minimum Gasteiger partial charge on any atom is -0.467 e. The molecule has 2 aromatic heterocycles. The highest BCUT2D eigenvalue weighted by atomic mass is 32.1. The Morgan fingerprint density at radius 2 is 2.59 bits per heavy atom. The highest BCUT2D eigenvalue weighted by Crippen LogP contribution is 2.18. The van der Waals surface area contributed by atoms with E-state index in [9.17, 15) is 0 Å². The van der Waals surface area contributed by atoms with Crippen LogP contribution < -0.4 is 0 Å². The molecule has 0 aromatic carbocycles. The Hall–Kier alpha value is -1.93. The molecule has 4 nitrogen and oxygen atoms in total. The van der Waals surface area contributed by atoms with Crippen LogP contribution in [0.3, 0.4) is 0 Å². The van der Waals surface area contributed by atoms with E-state index >= 15 is 0 Å². The number of hydrogen-bond donors (Lipinski definition) is 0. The molecule has 5 heteroatoms. The average molecular weight is 245 g/mol. The summed E-state index contributed by atoms with van der Waals surface area (Å²) in [5, 5.41) is 11.8. The van der Waals surface area contributed by atoms with Crippen molar-refractivity contribution in [2.75, 3.05) is 0 Å². The lowest BCUT2D eigenvalue weighted by Crippen LogP contribution is -1.97. The first-order chi connectivity index (χ1) is 8.29. The molecule has 1 atom stereocenters. The molecular weight excluding hydrogens is 234 g/mol. The van der Waals surface area contributed by atoms with Gasteiger partial charge in [0.15, 0.2) is 0 Å². The molecule has 0 aliphatic rings. The molecule has 86 valence electrons. The van der Waals surface area contributed by atoms with E-state index in [0.29, 0.717) is 6.54 Å². The van der Waals surface area contributed by atoms with E-state index in [1.54, 1.807) is 12.5 Å². The van der Waals surface area contributed by atoms with E-state index in [-0.39, 0.29) is 5.92 Å². The monoisotopic (exact) mass is 245 g/mol. The van der Waals surface area contributed by atoms with Crippen molar-refractivity contribution in [1.82, 2.24) is 4.98 Å². The number of thiazole rings is 1. The van der Waals surface area contributed by atoms with E-state index in [2.05, 4.69) is 16.0 Å². The predicted molar refractivity (Wildman–Crippen MR) is 66.1 cm³/mol. The Morgan fingerprint density at radius 1 is 1.71 bits per heavy atom. The molecule has 0 radical (unpaired) electrons. The number of nitriles is 1. The third kappa shape index (κ3) is 3.02. The van der Waals surface area contributed by atoms with Crippen molar-refractivity contribution in [3.63, 3.8) is 0 Å². The van der Waals surface area contributed by atoms with Crippen LogP contribution >= 0.6 is 11.3 Å². The number of hydrogen-bond acceptors (Lipinski definition) is 5. The van der Waals surface area contributed by atoms with Gasteiger partial charge in [-0.2, -0.15) is 5.26 Å². The van der Waals surface area contributed by atoms with Gasteiger partial charge in [0.2, 0.25) is 0 Å². The normalized spacial score (nSPS) is 12.7. The number of rotatable bonds is 4. The average Bonchev–Trinajstić information content (AvgIpc) is 2.96. The summed E-state index contributed by atoms with van der Waals surface area (Å²) in [5.74, 6) is 0.414. The number of aryl methyl sites for hydroxylation is 1. The van der Waals surface area contributed by atoms with E-state index in [0.717, 1.165) is 16.5 Å². The molecule has 2 heterocycles. The highest BCUT2D eigenvalue weighted by molar-refractivity contribution is 7.09. The molecule has 0 spiro atoms. The van der Waals surface area contributed by atoms with Gasteiger partial charge in [-0.15, -0.1) is 11.3 Å². The summed E-state index contributed by atoms with van der Waals surface area (Å²) in [5.41, 5.74) is 0.935. The maximum Gasteiger partial charge on any atom is 0.133 e. The summed E-state index contributed by atoms with van der Waals surface area (Å²) in [6, 6.07) is 5.85. The molecule has 0 fully saturated rings. The molecule has 0 unspecified atom stereocenters. The lowest BCUT2D eigenvalue weighted by molar-refractivity contribution is 0.513. The van der Waals surface area contributed by atoms with Gasteiger partial charge in [-0.25, -0.2) is 4.98 Å². The Balaban J connectivity index is 2.01. The molecule has 0 saturated heterocycles. The number of furan rings is 1. The van der Waals surface area contributed by atoms with Crippen LogP contribution in [0.1, 0.15) is 22.4 Å². The molecule has 17 heavy (non-hydrogen) atoms. The highest BCUT2D eigenvalue weighted by Gasteiger charge is 2.11. The van der Waals surface area contributed by atoms with Gasteiger partial charge < -0.3 is 4.42 Å². The van der Waals surface area contributed by atoms with E-state index < -0.39 is 0 Å². The van der Waals surface area contributed by atoms with E-state index in [1.165, 1.54) is 11.3 Å². The zero-order valence-corrected chi connectivity index (χ0v) is 10.1. The van der Waals surface area contributed by atoms with Crippen LogP contribution in [0, 0.1) is 18.3 Å². The third-order valence-electron chi connectivity index (χ3n) is 2.12. The lowest BCUT2D eigenvalue weighted by atomic mass is 10.2. The molecular formula is C12H11N3OS. The lowest BCUT2D eigenvalue weighted by Gasteiger charge is -1.96. The SMILES string of the molecule is Cc1csc([C@@H](C#N)C=NCc2ccco2)n1. The van der Waals surface area contributed by atoms with Crippen LogP contribution in [0.25, 0.3) is 0 Å². The molecule has 0 saturated carbocycles. The summed E-state index contributed by atoms with van der Waals surface area (Å²) in [4.78, 5) is 8.47. The third-order valence-corrected chi connectivity index (χ3v) is 3.17. The first-order valence-electron chi connectivity index (χ1n) is 5.13. The fraction of sp³-hybridized carbons (Fsp3) is 0.250. The zero-order chi connectivity index (χ0) is 12.1. The van der Waals surface area contributed by atoms with Crippen LogP contribution in [0.5, 0.6) is 0 Å².